The van der Waals surface area contributed by atoms with Gasteiger partial charge >= 0.3 is 0 Å². The number of ether oxygens (including phenoxy) is 1. The molecule has 0 radical (unpaired) electrons. The molecule has 72 valence electrons. The van der Waals surface area contributed by atoms with Gasteiger partial charge in [0, 0.05) is 0 Å². The molecule has 0 aromatic heterocycles. The SMILES string of the molecule is OCC1O[C@H](S)[C@@H](O)C(O)[C@@H]1O. The Hall–Kier alpha value is 0.150. The second-order valence-corrected chi connectivity index (χ2v) is 3.23. The summed E-state index contributed by atoms with van der Waals surface area (Å²) >= 11 is 3.81. The zero-order chi connectivity index (χ0) is 9.30. The lowest BCUT2D eigenvalue weighted by Crippen LogP contribution is -2.56. The van der Waals surface area contributed by atoms with E-state index in [9.17, 15) is 10.2 Å². The van der Waals surface area contributed by atoms with Crippen LogP contribution in [0.25, 0.3) is 0 Å². The molecule has 5 nitrogen and oxygen atoms in total. The first-order valence-corrected chi connectivity index (χ1v) is 4.08. The van der Waals surface area contributed by atoms with Crippen LogP contribution in [0.15, 0.2) is 0 Å². The Morgan fingerprint density at radius 2 is 1.67 bits per heavy atom. The second-order valence-electron chi connectivity index (χ2n) is 2.72. The van der Waals surface area contributed by atoms with Crippen LogP contribution in [-0.2, 0) is 4.74 Å². The maximum absolute atomic E-state index is 9.20. The Morgan fingerprint density at radius 3 is 2.17 bits per heavy atom. The van der Waals surface area contributed by atoms with Crippen molar-refractivity contribution in [3.8, 4) is 0 Å². The first-order valence-electron chi connectivity index (χ1n) is 3.56. The van der Waals surface area contributed by atoms with Crippen molar-refractivity contribution >= 4 is 12.6 Å². The molecule has 1 fully saturated rings. The summed E-state index contributed by atoms with van der Waals surface area (Å²) in [5, 5.41) is 36.2. The maximum atomic E-state index is 9.20. The summed E-state index contributed by atoms with van der Waals surface area (Å²) in [5.74, 6) is 0. The Bertz CT molecular complexity index is 150. The van der Waals surface area contributed by atoms with E-state index in [0.717, 1.165) is 0 Å². The Kier molecular flexibility index (Phi) is 3.33. The number of hydrogen-bond acceptors (Lipinski definition) is 6. The molecule has 0 aliphatic carbocycles. The van der Waals surface area contributed by atoms with E-state index in [1.54, 1.807) is 0 Å². The van der Waals surface area contributed by atoms with Gasteiger partial charge < -0.3 is 25.2 Å². The molecule has 2 unspecified atom stereocenters. The van der Waals surface area contributed by atoms with Crippen molar-refractivity contribution in [1.82, 2.24) is 0 Å². The number of aliphatic hydroxyl groups is 4. The quantitative estimate of drug-likeness (QED) is 0.305. The third kappa shape index (κ3) is 1.73. The van der Waals surface area contributed by atoms with Gasteiger partial charge in [0.05, 0.1) is 6.61 Å². The zero-order valence-electron chi connectivity index (χ0n) is 6.24. The lowest BCUT2D eigenvalue weighted by atomic mass is 10.0. The highest BCUT2D eigenvalue weighted by atomic mass is 32.1. The van der Waals surface area contributed by atoms with Gasteiger partial charge in [-0.3, -0.25) is 0 Å². The van der Waals surface area contributed by atoms with E-state index in [0.29, 0.717) is 0 Å². The summed E-state index contributed by atoms with van der Waals surface area (Å²) in [6.45, 7) is -0.415. The maximum Gasteiger partial charge on any atom is 0.129 e. The van der Waals surface area contributed by atoms with Gasteiger partial charge in [-0.2, -0.15) is 0 Å². The van der Waals surface area contributed by atoms with E-state index >= 15 is 0 Å². The highest BCUT2D eigenvalue weighted by Crippen LogP contribution is 2.22. The predicted molar refractivity (Wildman–Crippen MR) is 42.8 cm³/mol. The summed E-state index contributed by atoms with van der Waals surface area (Å²) in [6.07, 6.45) is -4.70. The molecular weight excluding hydrogens is 184 g/mol. The van der Waals surface area contributed by atoms with Crippen molar-refractivity contribution in [2.24, 2.45) is 0 Å². The molecule has 0 saturated carbocycles. The largest absolute Gasteiger partial charge is 0.394 e. The van der Waals surface area contributed by atoms with Gasteiger partial charge in [0.15, 0.2) is 0 Å². The van der Waals surface area contributed by atoms with Gasteiger partial charge in [-0.25, -0.2) is 0 Å². The van der Waals surface area contributed by atoms with Crippen LogP contribution in [0.1, 0.15) is 0 Å². The van der Waals surface area contributed by atoms with Crippen LogP contribution >= 0.6 is 12.6 Å². The van der Waals surface area contributed by atoms with Crippen molar-refractivity contribution in [3.63, 3.8) is 0 Å². The third-order valence-corrected chi connectivity index (χ3v) is 2.29. The predicted octanol–water partition coefficient (Wildman–Crippen LogP) is -2.28. The molecule has 5 atom stereocenters. The standard InChI is InChI=1S/C6H12O5S/c7-1-2-3(8)4(9)5(10)6(12)11-2/h2-10,12H,1H2/t2?,3-,4?,5+,6-/m1/s1. The lowest BCUT2D eigenvalue weighted by Gasteiger charge is -2.37. The Morgan fingerprint density at radius 1 is 1.08 bits per heavy atom. The van der Waals surface area contributed by atoms with Crippen molar-refractivity contribution < 1.29 is 25.2 Å². The van der Waals surface area contributed by atoms with Crippen LogP contribution in [0, 0.1) is 0 Å². The van der Waals surface area contributed by atoms with Gasteiger partial charge in [-0.05, 0) is 0 Å². The monoisotopic (exact) mass is 196 g/mol. The molecule has 0 aromatic rings. The minimum absolute atomic E-state index is 0.415. The lowest BCUT2D eigenvalue weighted by molar-refractivity contribution is -0.205. The van der Waals surface area contributed by atoms with Crippen LogP contribution < -0.4 is 0 Å². The zero-order valence-corrected chi connectivity index (χ0v) is 7.13. The molecule has 1 aliphatic rings. The Labute approximate surface area is 75.0 Å². The van der Waals surface area contributed by atoms with Crippen molar-refractivity contribution in [2.75, 3.05) is 6.61 Å². The van der Waals surface area contributed by atoms with Crippen molar-refractivity contribution in [3.05, 3.63) is 0 Å². The van der Waals surface area contributed by atoms with Gasteiger partial charge in [0.1, 0.15) is 29.9 Å². The smallest absolute Gasteiger partial charge is 0.129 e. The third-order valence-electron chi connectivity index (χ3n) is 1.87. The van der Waals surface area contributed by atoms with Crippen LogP contribution in [0.5, 0.6) is 0 Å². The second kappa shape index (κ2) is 3.91. The summed E-state index contributed by atoms with van der Waals surface area (Å²) in [6, 6.07) is 0. The highest BCUT2D eigenvalue weighted by molar-refractivity contribution is 7.80. The van der Waals surface area contributed by atoms with Gasteiger partial charge in [0.2, 0.25) is 0 Å². The van der Waals surface area contributed by atoms with Gasteiger partial charge in [-0.1, -0.05) is 0 Å². The van der Waals surface area contributed by atoms with Crippen LogP contribution in [-0.4, -0.2) is 56.9 Å². The molecule has 4 N–H and O–H groups in total. The molecule has 1 rings (SSSR count). The first kappa shape index (κ1) is 10.2. The molecule has 6 heteroatoms. The highest BCUT2D eigenvalue weighted by Gasteiger charge is 2.41. The van der Waals surface area contributed by atoms with Crippen LogP contribution in [0.3, 0.4) is 0 Å². The normalized spacial score (nSPS) is 49.2. The van der Waals surface area contributed by atoms with Crippen molar-refractivity contribution in [1.29, 1.82) is 0 Å². The average Bonchev–Trinajstić information content (AvgIpc) is 2.08. The molecule has 1 heterocycles. The fourth-order valence-electron chi connectivity index (χ4n) is 1.08. The molecule has 0 aromatic carbocycles. The number of hydrogen-bond donors (Lipinski definition) is 5. The van der Waals surface area contributed by atoms with Gasteiger partial charge in [-0.15, -0.1) is 12.6 Å². The summed E-state index contributed by atoms with van der Waals surface area (Å²) < 4.78 is 4.88. The first-order chi connectivity index (χ1) is 5.57. The molecule has 0 bridgehead atoms. The minimum Gasteiger partial charge on any atom is -0.394 e. The molecule has 0 amide bonds. The fraction of sp³-hybridized carbons (Fsp3) is 1.00. The van der Waals surface area contributed by atoms with Crippen molar-refractivity contribution in [2.45, 2.75) is 29.9 Å². The summed E-state index contributed by atoms with van der Waals surface area (Å²) in [7, 11) is 0. The summed E-state index contributed by atoms with van der Waals surface area (Å²) in [4.78, 5) is 0. The summed E-state index contributed by atoms with van der Waals surface area (Å²) in [5.41, 5.74) is -0.874. The van der Waals surface area contributed by atoms with E-state index in [4.69, 9.17) is 14.9 Å². The number of aliphatic hydroxyl groups excluding tert-OH is 4. The molecule has 1 aliphatic heterocycles. The molecule has 0 spiro atoms. The fourth-order valence-corrected chi connectivity index (χ4v) is 1.41. The topological polar surface area (TPSA) is 90.2 Å². The average molecular weight is 196 g/mol. The molecular formula is C6H12O5S. The Balaban J connectivity index is 2.63. The number of rotatable bonds is 1. The van der Waals surface area contributed by atoms with Crippen LogP contribution in [0.2, 0.25) is 0 Å². The van der Waals surface area contributed by atoms with E-state index in [1.165, 1.54) is 0 Å². The minimum atomic E-state index is -1.32. The number of thiol groups is 1. The van der Waals surface area contributed by atoms with E-state index in [-0.39, 0.29) is 0 Å². The van der Waals surface area contributed by atoms with E-state index < -0.39 is 36.5 Å². The van der Waals surface area contributed by atoms with E-state index in [1.807, 2.05) is 0 Å². The van der Waals surface area contributed by atoms with Crippen LogP contribution in [0.4, 0.5) is 0 Å². The molecule has 1 saturated heterocycles. The van der Waals surface area contributed by atoms with Gasteiger partial charge in [0.25, 0.3) is 0 Å². The van der Waals surface area contributed by atoms with E-state index in [2.05, 4.69) is 12.6 Å². The molecule has 12 heavy (non-hydrogen) atoms.